The van der Waals surface area contributed by atoms with Gasteiger partial charge in [0.2, 0.25) is 5.91 Å². The molecule has 0 radical (unpaired) electrons. The fourth-order valence-corrected chi connectivity index (χ4v) is 4.31. The molecule has 2 aliphatic heterocycles. The van der Waals surface area contributed by atoms with Gasteiger partial charge in [0.05, 0.1) is 30.4 Å². The van der Waals surface area contributed by atoms with Crippen molar-refractivity contribution >= 4 is 29.1 Å². The molecule has 1 aromatic heterocycles. The van der Waals surface area contributed by atoms with Gasteiger partial charge < -0.3 is 10.1 Å². The van der Waals surface area contributed by atoms with Crippen LogP contribution in [-0.2, 0) is 9.53 Å². The maximum Gasteiger partial charge on any atom is 0.262 e. The van der Waals surface area contributed by atoms with Gasteiger partial charge in [-0.1, -0.05) is 12.1 Å². The molecule has 1 unspecified atom stereocenters. The lowest BCUT2D eigenvalue weighted by atomic mass is 10.1. The maximum absolute atomic E-state index is 12.5. The number of ether oxygens (including phenoxy) is 1. The van der Waals surface area contributed by atoms with Crippen LogP contribution in [0, 0.1) is 0 Å². The number of nitrogens with zero attached hydrogens (tertiary/aromatic N) is 2. The number of rotatable bonds is 6. The summed E-state index contributed by atoms with van der Waals surface area (Å²) in [4.78, 5) is 40.6. The molecule has 1 saturated heterocycles. The number of fused-ring (bicyclic) bond motifs is 1. The molecule has 3 amide bonds. The largest absolute Gasteiger partial charge is 0.379 e. The fourth-order valence-electron chi connectivity index (χ4n) is 3.60. The van der Waals surface area contributed by atoms with E-state index in [4.69, 9.17) is 4.74 Å². The molecule has 2 aliphatic rings. The number of thiophene rings is 1. The van der Waals surface area contributed by atoms with Gasteiger partial charge in [0.15, 0.2) is 0 Å². The lowest BCUT2D eigenvalue weighted by molar-refractivity contribution is -0.121. The van der Waals surface area contributed by atoms with Gasteiger partial charge in [0, 0.05) is 19.6 Å². The molecule has 0 spiro atoms. The quantitative estimate of drug-likeness (QED) is 0.746. The van der Waals surface area contributed by atoms with Crippen molar-refractivity contribution in [3.63, 3.8) is 0 Å². The van der Waals surface area contributed by atoms with Crippen LogP contribution in [0.3, 0.4) is 0 Å². The van der Waals surface area contributed by atoms with E-state index in [1.807, 2.05) is 5.38 Å². The Morgan fingerprint density at radius 3 is 2.39 bits per heavy atom. The van der Waals surface area contributed by atoms with Crippen LogP contribution in [0.4, 0.5) is 0 Å². The number of benzene rings is 1. The molecule has 4 rings (SSSR count). The van der Waals surface area contributed by atoms with Crippen LogP contribution in [-0.4, -0.2) is 66.9 Å². The molecule has 2 aromatic rings. The Hall–Kier alpha value is -2.55. The Kier molecular flexibility index (Phi) is 5.52. The number of amides is 3. The topological polar surface area (TPSA) is 79.0 Å². The monoisotopic (exact) mass is 399 g/mol. The smallest absolute Gasteiger partial charge is 0.262 e. The summed E-state index contributed by atoms with van der Waals surface area (Å²) in [5.74, 6) is -1.18. The Morgan fingerprint density at radius 2 is 1.79 bits per heavy atom. The summed E-state index contributed by atoms with van der Waals surface area (Å²) < 4.78 is 5.43. The van der Waals surface area contributed by atoms with Crippen molar-refractivity contribution in [2.45, 2.75) is 6.04 Å². The minimum atomic E-state index is -0.418. The van der Waals surface area contributed by atoms with Gasteiger partial charge in [-0.15, -0.1) is 0 Å². The van der Waals surface area contributed by atoms with Crippen LogP contribution < -0.4 is 5.32 Å². The number of imide groups is 1. The fraction of sp³-hybridized carbons (Fsp3) is 0.350. The molecule has 1 atom stereocenters. The third-order valence-corrected chi connectivity index (χ3v) is 5.79. The van der Waals surface area contributed by atoms with Crippen molar-refractivity contribution in [2.24, 2.45) is 0 Å². The molecule has 146 valence electrons. The molecule has 1 aromatic carbocycles. The van der Waals surface area contributed by atoms with E-state index in [2.05, 4.69) is 21.7 Å². The first-order chi connectivity index (χ1) is 13.6. The van der Waals surface area contributed by atoms with Crippen LogP contribution in [0.1, 0.15) is 32.3 Å². The van der Waals surface area contributed by atoms with E-state index in [1.165, 1.54) is 0 Å². The first-order valence-corrected chi connectivity index (χ1v) is 10.2. The number of hydrogen-bond acceptors (Lipinski definition) is 6. The van der Waals surface area contributed by atoms with Crippen molar-refractivity contribution < 1.29 is 19.1 Å². The number of hydrogen-bond donors (Lipinski definition) is 1. The number of morpholine rings is 1. The Morgan fingerprint density at radius 1 is 1.11 bits per heavy atom. The minimum absolute atomic E-state index is 0.0429. The molecule has 1 fully saturated rings. The Labute approximate surface area is 166 Å². The van der Waals surface area contributed by atoms with Crippen molar-refractivity contribution in [1.29, 1.82) is 0 Å². The van der Waals surface area contributed by atoms with E-state index in [0.29, 0.717) is 30.9 Å². The molecule has 0 bridgehead atoms. The van der Waals surface area contributed by atoms with Crippen molar-refractivity contribution in [1.82, 2.24) is 15.1 Å². The maximum atomic E-state index is 12.5. The summed E-state index contributed by atoms with van der Waals surface area (Å²) in [5.41, 5.74) is 1.85. The SMILES string of the molecule is O=C(CN1C(=O)c2ccccc2C1=O)NCC(c1ccsc1)N1CCOCC1. The van der Waals surface area contributed by atoms with Crippen LogP contribution in [0.5, 0.6) is 0 Å². The number of carbonyl (C=O) groups excluding carboxylic acids is 3. The molecule has 1 N–H and O–H groups in total. The molecule has 3 heterocycles. The Bertz CT molecular complexity index is 842. The van der Waals surface area contributed by atoms with Gasteiger partial charge in [-0.25, -0.2) is 0 Å². The lowest BCUT2D eigenvalue weighted by Crippen LogP contribution is -2.46. The average Bonchev–Trinajstić information content (AvgIpc) is 3.33. The molecule has 0 aliphatic carbocycles. The summed E-state index contributed by atoms with van der Waals surface area (Å²) >= 11 is 1.62. The van der Waals surface area contributed by atoms with Crippen LogP contribution >= 0.6 is 11.3 Å². The number of nitrogens with one attached hydrogen (secondary N) is 1. The normalized spacial score (nSPS) is 18.2. The first kappa shape index (κ1) is 18.8. The van der Waals surface area contributed by atoms with Gasteiger partial charge in [-0.2, -0.15) is 11.3 Å². The van der Waals surface area contributed by atoms with E-state index < -0.39 is 11.8 Å². The third kappa shape index (κ3) is 3.71. The van der Waals surface area contributed by atoms with Gasteiger partial charge in [0.25, 0.3) is 11.8 Å². The summed E-state index contributed by atoms with van der Waals surface area (Å²) in [6, 6.07) is 8.74. The molecular formula is C20H21N3O4S. The highest BCUT2D eigenvalue weighted by Crippen LogP contribution is 2.24. The zero-order chi connectivity index (χ0) is 19.5. The summed E-state index contributed by atoms with van der Waals surface area (Å²) in [6.07, 6.45) is 0. The second-order valence-corrected chi connectivity index (χ2v) is 7.55. The third-order valence-electron chi connectivity index (χ3n) is 5.09. The van der Waals surface area contributed by atoms with E-state index in [1.54, 1.807) is 35.6 Å². The summed E-state index contributed by atoms with van der Waals surface area (Å²) in [6.45, 7) is 3.08. The molecule has 8 heteroatoms. The standard InChI is InChI=1S/C20H21N3O4S/c24-18(12-23-19(25)15-3-1-2-4-16(15)20(23)26)21-11-17(14-5-10-28-13-14)22-6-8-27-9-7-22/h1-5,10,13,17H,6-9,11-12H2,(H,21,24). The highest BCUT2D eigenvalue weighted by atomic mass is 32.1. The molecular weight excluding hydrogens is 378 g/mol. The molecule has 0 saturated carbocycles. The van der Waals surface area contributed by atoms with Gasteiger partial charge in [-0.3, -0.25) is 24.2 Å². The predicted octanol–water partition coefficient (Wildman–Crippen LogP) is 1.53. The van der Waals surface area contributed by atoms with Crippen molar-refractivity contribution in [3.05, 3.63) is 57.8 Å². The molecule has 7 nitrogen and oxygen atoms in total. The zero-order valence-electron chi connectivity index (χ0n) is 15.3. The van der Waals surface area contributed by atoms with E-state index in [9.17, 15) is 14.4 Å². The van der Waals surface area contributed by atoms with E-state index in [-0.39, 0.29) is 18.5 Å². The number of carbonyl (C=O) groups is 3. The molecule has 28 heavy (non-hydrogen) atoms. The van der Waals surface area contributed by atoms with Crippen molar-refractivity contribution in [2.75, 3.05) is 39.4 Å². The van der Waals surface area contributed by atoms with E-state index >= 15 is 0 Å². The second-order valence-electron chi connectivity index (χ2n) is 6.77. The van der Waals surface area contributed by atoms with Crippen molar-refractivity contribution in [3.8, 4) is 0 Å². The van der Waals surface area contributed by atoms with Crippen LogP contribution in [0.25, 0.3) is 0 Å². The summed E-state index contributed by atoms with van der Waals surface area (Å²) in [7, 11) is 0. The summed E-state index contributed by atoms with van der Waals surface area (Å²) in [5, 5.41) is 7.00. The zero-order valence-corrected chi connectivity index (χ0v) is 16.1. The lowest BCUT2D eigenvalue weighted by Gasteiger charge is -2.34. The van der Waals surface area contributed by atoms with E-state index in [0.717, 1.165) is 23.6 Å². The second kappa shape index (κ2) is 8.22. The first-order valence-electron chi connectivity index (χ1n) is 9.21. The minimum Gasteiger partial charge on any atom is -0.379 e. The average molecular weight is 399 g/mol. The van der Waals surface area contributed by atoms with Crippen LogP contribution in [0.2, 0.25) is 0 Å². The van der Waals surface area contributed by atoms with Gasteiger partial charge in [0.1, 0.15) is 6.54 Å². The van der Waals surface area contributed by atoms with Gasteiger partial charge >= 0.3 is 0 Å². The predicted molar refractivity (Wildman–Crippen MR) is 104 cm³/mol. The van der Waals surface area contributed by atoms with Crippen LogP contribution in [0.15, 0.2) is 41.1 Å². The van der Waals surface area contributed by atoms with Gasteiger partial charge in [-0.05, 0) is 34.5 Å². The highest BCUT2D eigenvalue weighted by Gasteiger charge is 2.36. The highest BCUT2D eigenvalue weighted by molar-refractivity contribution is 7.08. The Balaban J connectivity index is 1.39.